The molecule has 3 unspecified atom stereocenters. The summed E-state index contributed by atoms with van der Waals surface area (Å²) < 4.78 is 10.7. The second kappa shape index (κ2) is 9.16. The van der Waals surface area contributed by atoms with Gasteiger partial charge in [0.1, 0.15) is 6.04 Å². The summed E-state index contributed by atoms with van der Waals surface area (Å²) in [7, 11) is 0. The van der Waals surface area contributed by atoms with Crippen LogP contribution < -0.4 is 20.1 Å². The number of anilines is 1. The summed E-state index contributed by atoms with van der Waals surface area (Å²) in [6.45, 7) is 4.15. The highest BCUT2D eigenvalue weighted by Gasteiger charge is 2.46. The molecule has 2 heterocycles. The van der Waals surface area contributed by atoms with E-state index in [0.717, 1.165) is 38.5 Å². The molecule has 3 atom stereocenters. The van der Waals surface area contributed by atoms with E-state index in [0.29, 0.717) is 17.2 Å². The van der Waals surface area contributed by atoms with Gasteiger partial charge in [-0.2, -0.15) is 0 Å². The van der Waals surface area contributed by atoms with Crippen molar-refractivity contribution in [1.29, 1.82) is 0 Å². The Morgan fingerprint density at radius 3 is 2.68 bits per heavy atom. The molecule has 0 aromatic heterocycles. The Labute approximate surface area is 182 Å². The Kier molecular flexibility index (Phi) is 6.34. The molecule has 4 rings (SSSR count). The minimum absolute atomic E-state index is 0.00219. The van der Waals surface area contributed by atoms with Crippen molar-refractivity contribution >= 4 is 23.4 Å². The minimum Gasteiger partial charge on any atom is -0.454 e. The van der Waals surface area contributed by atoms with Crippen molar-refractivity contribution in [2.24, 2.45) is 5.92 Å². The van der Waals surface area contributed by atoms with Crippen LogP contribution in [0, 0.1) is 5.92 Å². The highest BCUT2D eigenvalue weighted by molar-refractivity contribution is 5.98. The van der Waals surface area contributed by atoms with Crippen LogP contribution in [0.5, 0.6) is 11.5 Å². The molecule has 1 aromatic carbocycles. The van der Waals surface area contributed by atoms with Crippen molar-refractivity contribution in [2.45, 2.75) is 76.9 Å². The number of hydrogen-bond acceptors (Lipinski definition) is 5. The number of nitrogens with zero attached hydrogens (tertiary/aromatic N) is 1. The fourth-order valence-electron chi connectivity index (χ4n) is 4.97. The van der Waals surface area contributed by atoms with Crippen molar-refractivity contribution in [3.8, 4) is 11.5 Å². The van der Waals surface area contributed by atoms with Crippen molar-refractivity contribution in [1.82, 2.24) is 10.2 Å². The summed E-state index contributed by atoms with van der Waals surface area (Å²) >= 11 is 0. The van der Waals surface area contributed by atoms with Gasteiger partial charge in [0.25, 0.3) is 0 Å². The Morgan fingerprint density at radius 1 is 1.16 bits per heavy atom. The second-order valence-electron chi connectivity index (χ2n) is 8.56. The maximum absolute atomic E-state index is 13.4. The number of amides is 3. The van der Waals surface area contributed by atoms with E-state index in [-0.39, 0.29) is 48.9 Å². The molecule has 2 aliphatic heterocycles. The number of benzene rings is 1. The van der Waals surface area contributed by atoms with Crippen LogP contribution in [-0.2, 0) is 14.4 Å². The highest BCUT2D eigenvalue weighted by atomic mass is 16.7. The van der Waals surface area contributed by atoms with Gasteiger partial charge in [-0.1, -0.05) is 26.7 Å². The Bertz CT molecular complexity index is 854. The normalized spacial score (nSPS) is 24.5. The Morgan fingerprint density at radius 2 is 1.90 bits per heavy atom. The third-order valence-electron chi connectivity index (χ3n) is 6.68. The van der Waals surface area contributed by atoms with Gasteiger partial charge in [0.2, 0.25) is 24.5 Å². The van der Waals surface area contributed by atoms with Gasteiger partial charge in [-0.05, 0) is 37.8 Å². The first-order chi connectivity index (χ1) is 15.0. The number of rotatable bonds is 6. The number of piperazine rings is 1. The van der Waals surface area contributed by atoms with Gasteiger partial charge in [0, 0.05) is 23.7 Å². The van der Waals surface area contributed by atoms with E-state index < -0.39 is 6.04 Å². The predicted molar refractivity (Wildman–Crippen MR) is 115 cm³/mol. The summed E-state index contributed by atoms with van der Waals surface area (Å²) in [6.07, 6.45) is 5.18. The number of fused-ring (bicyclic) bond motifs is 2. The van der Waals surface area contributed by atoms with Crippen molar-refractivity contribution in [3.63, 3.8) is 0 Å². The fourth-order valence-corrected chi connectivity index (χ4v) is 4.97. The average Bonchev–Trinajstić information content (AvgIpc) is 3.23. The van der Waals surface area contributed by atoms with Crippen LogP contribution in [0.4, 0.5) is 5.69 Å². The molecule has 0 bridgehead atoms. The van der Waals surface area contributed by atoms with Gasteiger partial charge in [-0.15, -0.1) is 0 Å². The van der Waals surface area contributed by atoms with E-state index in [4.69, 9.17) is 9.47 Å². The third-order valence-corrected chi connectivity index (χ3v) is 6.68. The average molecular weight is 430 g/mol. The van der Waals surface area contributed by atoms with E-state index in [1.807, 2.05) is 13.8 Å². The molecule has 1 saturated carbocycles. The standard InChI is InChI=1S/C23H31N3O5/c1-3-14(4-2)23(29)26-17-8-6-5-7-16(17)25-22(28)18(26)12-21(27)24-15-9-10-19-20(11-15)31-13-30-19/h9-11,14,16-18H,3-8,12-13H2,1-2H3,(H,24,27)(H,25,28). The molecule has 8 nitrogen and oxygen atoms in total. The van der Waals surface area contributed by atoms with Crippen LogP contribution in [0.15, 0.2) is 18.2 Å². The van der Waals surface area contributed by atoms with E-state index >= 15 is 0 Å². The maximum Gasteiger partial charge on any atom is 0.243 e. The lowest BCUT2D eigenvalue weighted by molar-refractivity contribution is -0.154. The number of ether oxygens (including phenoxy) is 2. The molecule has 1 saturated heterocycles. The van der Waals surface area contributed by atoms with Crippen LogP contribution in [0.3, 0.4) is 0 Å². The van der Waals surface area contributed by atoms with Crippen LogP contribution in [0.2, 0.25) is 0 Å². The predicted octanol–water partition coefficient (Wildman–Crippen LogP) is 2.82. The summed E-state index contributed by atoms with van der Waals surface area (Å²) in [6, 6.07) is 4.32. The molecule has 1 aliphatic carbocycles. The van der Waals surface area contributed by atoms with Crippen molar-refractivity contribution in [3.05, 3.63) is 18.2 Å². The summed E-state index contributed by atoms with van der Waals surface area (Å²) in [5.41, 5.74) is 0.568. The molecule has 0 spiro atoms. The summed E-state index contributed by atoms with van der Waals surface area (Å²) in [5, 5.41) is 5.92. The van der Waals surface area contributed by atoms with Crippen LogP contribution >= 0.6 is 0 Å². The molecule has 3 aliphatic rings. The Balaban J connectivity index is 1.52. The molecule has 168 valence electrons. The lowest BCUT2D eigenvalue weighted by atomic mass is 9.84. The van der Waals surface area contributed by atoms with Gasteiger partial charge >= 0.3 is 0 Å². The molecule has 0 radical (unpaired) electrons. The monoisotopic (exact) mass is 429 g/mol. The van der Waals surface area contributed by atoms with Crippen LogP contribution in [-0.4, -0.2) is 47.5 Å². The SMILES string of the molecule is CCC(CC)C(=O)N1C(CC(=O)Nc2ccc3c(c2)OCO3)C(=O)NC2CCCCC21. The molecule has 1 aromatic rings. The van der Waals surface area contributed by atoms with E-state index in [2.05, 4.69) is 10.6 Å². The first-order valence-electron chi connectivity index (χ1n) is 11.3. The number of carbonyl (C=O) groups is 3. The second-order valence-corrected chi connectivity index (χ2v) is 8.56. The zero-order valence-electron chi connectivity index (χ0n) is 18.2. The molecule has 31 heavy (non-hydrogen) atoms. The van der Waals surface area contributed by atoms with E-state index in [1.54, 1.807) is 23.1 Å². The number of nitrogens with one attached hydrogen (secondary N) is 2. The van der Waals surface area contributed by atoms with Gasteiger partial charge in [0.05, 0.1) is 12.5 Å². The van der Waals surface area contributed by atoms with Gasteiger partial charge in [0.15, 0.2) is 11.5 Å². The smallest absolute Gasteiger partial charge is 0.243 e. The number of hydrogen-bond donors (Lipinski definition) is 2. The molecule has 8 heteroatoms. The lowest BCUT2D eigenvalue weighted by Gasteiger charge is -2.49. The van der Waals surface area contributed by atoms with Crippen LogP contribution in [0.25, 0.3) is 0 Å². The van der Waals surface area contributed by atoms with E-state index in [9.17, 15) is 14.4 Å². The highest BCUT2D eigenvalue weighted by Crippen LogP contribution is 2.35. The minimum atomic E-state index is -0.790. The number of carbonyl (C=O) groups excluding carboxylic acids is 3. The summed E-state index contributed by atoms with van der Waals surface area (Å²) in [4.78, 5) is 41.0. The quantitative estimate of drug-likeness (QED) is 0.725. The third kappa shape index (κ3) is 4.34. The zero-order valence-corrected chi connectivity index (χ0v) is 18.2. The maximum atomic E-state index is 13.4. The van der Waals surface area contributed by atoms with Gasteiger partial charge in [-0.25, -0.2) is 0 Å². The van der Waals surface area contributed by atoms with Crippen LogP contribution in [0.1, 0.15) is 58.8 Å². The molecule has 2 fully saturated rings. The zero-order chi connectivity index (χ0) is 22.0. The van der Waals surface area contributed by atoms with E-state index in [1.165, 1.54) is 0 Å². The summed E-state index contributed by atoms with van der Waals surface area (Å²) in [5.74, 6) is 0.531. The largest absolute Gasteiger partial charge is 0.454 e. The first-order valence-corrected chi connectivity index (χ1v) is 11.3. The fraction of sp³-hybridized carbons (Fsp3) is 0.609. The lowest BCUT2D eigenvalue weighted by Crippen LogP contribution is -2.68. The van der Waals surface area contributed by atoms with Gasteiger partial charge in [-0.3, -0.25) is 14.4 Å². The topological polar surface area (TPSA) is 97.0 Å². The molecule has 3 amide bonds. The molecule has 2 N–H and O–H groups in total. The van der Waals surface area contributed by atoms with Crippen molar-refractivity contribution in [2.75, 3.05) is 12.1 Å². The Hall–Kier alpha value is -2.77. The van der Waals surface area contributed by atoms with Gasteiger partial charge < -0.3 is 25.0 Å². The van der Waals surface area contributed by atoms with Crippen molar-refractivity contribution < 1.29 is 23.9 Å². The molecular weight excluding hydrogens is 398 g/mol. The first kappa shape index (κ1) is 21.5. The molecular formula is C23H31N3O5.